The molecule has 2 nitrogen and oxygen atoms in total. The lowest BCUT2D eigenvalue weighted by Crippen LogP contribution is -2.37. The minimum absolute atomic E-state index is 0.209. The monoisotopic (exact) mass is 352 g/mol. The molecular formula is C18H29BrN2. The van der Waals surface area contributed by atoms with Crippen molar-refractivity contribution in [2.75, 3.05) is 11.9 Å². The van der Waals surface area contributed by atoms with Crippen molar-refractivity contribution in [3.63, 3.8) is 0 Å². The number of anilines is 1. The summed E-state index contributed by atoms with van der Waals surface area (Å²) in [7, 11) is 2.23. The second-order valence-corrected chi connectivity index (χ2v) is 8.33. The molecule has 1 aromatic carbocycles. The molecule has 1 aliphatic rings. The second kappa shape index (κ2) is 6.70. The van der Waals surface area contributed by atoms with Gasteiger partial charge in [0.1, 0.15) is 0 Å². The van der Waals surface area contributed by atoms with Crippen molar-refractivity contribution in [3.8, 4) is 0 Å². The van der Waals surface area contributed by atoms with Gasteiger partial charge in [0.2, 0.25) is 0 Å². The number of nitrogens with zero attached hydrogens (tertiary/aromatic N) is 1. The summed E-state index contributed by atoms with van der Waals surface area (Å²) < 4.78 is 1.19. The van der Waals surface area contributed by atoms with Crippen LogP contribution in [0.1, 0.15) is 52.0 Å². The normalized spacial score (nSPS) is 20.3. The minimum atomic E-state index is 0.209. The molecule has 3 heteroatoms. The summed E-state index contributed by atoms with van der Waals surface area (Å²) in [6.07, 6.45) is 6.15. The summed E-state index contributed by atoms with van der Waals surface area (Å²) in [5.74, 6) is 0. The van der Waals surface area contributed by atoms with Crippen LogP contribution in [0.15, 0.2) is 22.7 Å². The van der Waals surface area contributed by atoms with E-state index in [1.807, 2.05) is 0 Å². The van der Waals surface area contributed by atoms with Gasteiger partial charge >= 0.3 is 0 Å². The van der Waals surface area contributed by atoms with Crippen molar-refractivity contribution in [1.82, 2.24) is 0 Å². The summed E-state index contributed by atoms with van der Waals surface area (Å²) in [4.78, 5) is 2.45. The molecule has 118 valence electrons. The van der Waals surface area contributed by atoms with Gasteiger partial charge in [0.25, 0.3) is 0 Å². The maximum absolute atomic E-state index is 5.89. The van der Waals surface area contributed by atoms with Gasteiger partial charge in [-0.3, -0.25) is 0 Å². The van der Waals surface area contributed by atoms with E-state index < -0.39 is 0 Å². The number of halogens is 1. The number of rotatable bonds is 4. The van der Waals surface area contributed by atoms with Crippen molar-refractivity contribution < 1.29 is 0 Å². The molecule has 0 saturated heterocycles. The Bertz CT molecular complexity index is 472. The average Bonchev–Trinajstić information content (AvgIpc) is 2.37. The molecule has 0 bridgehead atoms. The predicted molar refractivity (Wildman–Crippen MR) is 95.9 cm³/mol. The van der Waals surface area contributed by atoms with Crippen LogP contribution in [0.5, 0.6) is 0 Å². The fourth-order valence-electron chi connectivity index (χ4n) is 3.30. The Morgan fingerprint density at radius 3 is 2.48 bits per heavy atom. The molecule has 0 aliphatic heterocycles. The van der Waals surface area contributed by atoms with Gasteiger partial charge in [0.05, 0.1) is 5.69 Å². The Hall–Kier alpha value is -0.540. The third-order valence-corrected chi connectivity index (χ3v) is 5.44. The van der Waals surface area contributed by atoms with Crippen LogP contribution in [0, 0.1) is 5.41 Å². The van der Waals surface area contributed by atoms with Crippen LogP contribution < -0.4 is 10.6 Å². The van der Waals surface area contributed by atoms with Gasteiger partial charge in [0, 0.05) is 23.6 Å². The fourth-order valence-corrected chi connectivity index (χ4v) is 4.01. The highest BCUT2D eigenvalue weighted by Crippen LogP contribution is 2.39. The Labute approximate surface area is 138 Å². The summed E-state index contributed by atoms with van der Waals surface area (Å²) in [6, 6.07) is 7.55. The largest absolute Gasteiger partial charge is 0.371 e. The van der Waals surface area contributed by atoms with E-state index in [4.69, 9.17) is 5.73 Å². The van der Waals surface area contributed by atoms with E-state index in [9.17, 15) is 0 Å². The Kier molecular flexibility index (Phi) is 5.37. The molecule has 1 aromatic rings. The quantitative estimate of drug-likeness (QED) is 0.847. The first kappa shape index (κ1) is 16.8. The lowest BCUT2D eigenvalue weighted by molar-refractivity contribution is 0.222. The molecule has 1 saturated carbocycles. The van der Waals surface area contributed by atoms with Crippen LogP contribution in [-0.4, -0.2) is 19.1 Å². The average molecular weight is 353 g/mol. The fraction of sp³-hybridized carbons (Fsp3) is 0.667. The third-order valence-electron chi connectivity index (χ3n) is 4.81. The van der Waals surface area contributed by atoms with E-state index in [2.05, 4.69) is 66.8 Å². The van der Waals surface area contributed by atoms with Crippen LogP contribution in [-0.2, 0) is 6.42 Å². The smallest absolute Gasteiger partial charge is 0.0510 e. The van der Waals surface area contributed by atoms with E-state index >= 15 is 0 Å². The zero-order chi connectivity index (χ0) is 15.6. The van der Waals surface area contributed by atoms with Crippen LogP contribution in [0.25, 0.3) is 0 Å². The van der Waals surface area contributed by atoms with Crippen molar-refractivity contribution in [1.29, 1.82) is 0 Å². The molecule has 0 radical (unpaired) electrons. The second-order valence-electron chi connectivity index (χ2n) is 7.47. The van der Waals surface area contributed by atoms with E-state index in [0.29, 0.717) is 11.5 Å². The number of hydrogen-bond donors (Lipinski definition) is 1. The lowest BCUT2D eigenvalue weighted by atomic mass is 9.75. The van der Waals surface area contributed by atoms with Crippen LogP contribution in [0.4, 0.5) is 5.69 Å². The molecule has 1 atom stereocenters. The zero-order valence-electron chi connectivity index (χ0n) is 13.8. The molecule has 2 N–H and O–H groups in total. The first-order valence-electron chi connectivity index (χ1n) is 8.05. The topological polar surface area (TPSA) is 29.3 Å². The minimum Gasteiger partial charge on any atom is -0.371 e. The van der Waals surface area contributed by atoms with Gasteiger partial charge in [0.15, 0.2) is 0 Å². The van der Waals surface area contributed by atoms with E-state index in [-0.39, 0.29) is 6.04 Å². The van der Waals surface area contributed by atoms with Crippen LogP contribution in [0.3, 0.4) is 0 Å². The predicted octanol–water partition coefficient (Wildman–Crippen LogP) is 4.74. The third kappa shape index (κ3) is 4.46. The zero-order valence-corrected chi connectivity index (χ0v) is 15.4. The standard InChI is InChI=1S/C18H29BrN2/c1-13(20)11-14-5-6-17(16(19)12-14)21(4)15-7-9-18(2,3)10-8-15/h5-6,12-13,15H,7-11,20H2,1-4H3. The maximum atomic E-state index is 5.89. The Morgan fingerprint density at radius 2 is 1.95 bits per heavy atom. The molecule has 2 rings (SSSR count). The lowest BCUT2D eigenvalue weighted by Gasteiger charge is -2.40. The molecule has 1 aliphatic carbocycles. The molecule has 1 unspecified atom stereocenters. The van der Waals surface area contributed by atoms with Crippen LogP contribution >= 0.6 is 15.9 Å². The van der Waals surface area contributed by atoms with Crippen molar-refractivity contribution in [3.05, 3.63) is 28.2 Å². The molecule has 1 fully saturated rings. The van der Waals surface area contributed by atoms with E-state index in [1.165, 1.54) is 41.4 Å². The first-order valence-corrected chi connectivity index (χ1v) is 8.85. The van der Waals surface area contributed by atoms with Crippen molar-refractivity contribution in [2.24, 2.45) is 11.1 Å². The maximum Gasteiger partial charge on any atom is 0.0510 e. The SMILES string of the molecule is CC(N)Cc1ccc(N(C)C2CCC(C)(C)CC2)c(Br)c1. The van der Waals surface area contributed by atoms with E-state index in [0.717, 1.165) is 6.42 Å². The van der Waals surface area contributed by atoms with Gasteiger partial charge < -0.3 is 10.6 Å². The van der Waals surface area contributed by atoms with Gasteiger partial charge in [-0.1, -0.05) is 19.9 Å². The molecular weight excluding hydrogens is 324 g/mol. The Balaban J connectivity index is 2.07. The highest BCUT2D eigenvalue weighted by molar-refractivity contribution is 9.10. The van der Waals surface area contributed by atoms with Gasteiger partial charge in [-0.05, 0) is 78.1 Å². The van der Waals surface area contributed by atoms with Crippen molar-refractivity contribution in [2.45, 2.75) is 65.0 Å². The van der Waals surface area contributed by atoms with Gasteiger partial charge in [-0.25, -0.2) is 0 Å². The van der Waals surface area contributed by atoms with E-state index in [1.54, 1.807) is 0 Å². The molecule has 0 aromatic heterocycles. The first-order chi connectivity index (χ1) is 9.78. The van der Waals surface area contributed by atoms with Gasteiger partial charge in [-0.15, -0.1) is 0 Å². The molecule has 21 heavy (non-hydrogen) atoms. The van der Waals surface area contributed by atoms with Crippen molar-refractivity contribution >= 4 is 21.6 Å². The molecule has 0 amide bonds. The number of nitrogens with two attached hydrogens (primary N) is 1. The number of hydrogen-bond acceptors (Lipinski definition) is 2. The highest BCUT2D eigenvalue weighted by Gasteiger charge is 2.29. The molecule has 0 spiro atoms. The van der Waals surface area contributed by atoms with Gasteiger partial charge in [-0.2, -0.15) is 0 Å². The highest BCUT2D eigenvalue weighted by atomic mass is 79.9. The van der Waals surface area contributed by atoms with Crippen LogP contribution in [0.2, 0.25) is 0 Å². The molecule has 0 heterocycles. The Morgan fingerprint density at radius 1 is 1.33 bits per heavy atom. The summed E-state index contributed by atoms with van der Waals surface area (Å²) >= 11 is 3.74. The summed E-state index contributed by atoms with van der Waals surface area (Å²) in [6.45, 7) is 6.83. The number of benzene rings is 1. The summed E-state index contributed by atoms with van der Waals surface area (Å²) in [5.41, 5.74) is 9.02. The summed E-state index contributed by atoms with van der Waals surface area (Å²) in [5, 5.41) is 0.